The van der Waals surface area contributed by atoms with Gasteiger partial charge in [-0.1, -0.05) is 41.4 Å². The lowest BCUT2D eigenvalue weighted by molar-refractivity contribution is 0.0940. The van der Waals surface area contributed by atoms with Gasteiger partial charge in [-0.2, -0.15) is 0 Å². The van der Waals surface area contributed by atoms with Gasteiger partial charge in [0.25, 0.3) is 5.91 Å². The summed E-state index contributed by atoms with van der Waals surface area (Å²) in [6.07, 6.45) is 0. The fourth-order valence-electron chi connectivity index (χ4n) is 2.10. The summed E-state index contributed by atoms with van der Waals surface area (Å²) in [5.41, 5.74) is 2.21. The van der Waals surface area contributed by atoms with E-state index in [0.29, 0.717) is 15.6 Å². The van der Waals surface area contributed by atoms with Crippen LogP contribution in [-0.2, 0) is 0 Å². The van der Waals surface area contributed by atoms with Gasteiger partial charge in [-0.3, -0.25) is 4.79 Å². The largest absolute Gasteiger partial charge is 0.387 e. The molecule has 0 saturated heterocycles. The molecule has 0 aliphatic rings. The Bertz CT molecular complexity index is 658. The van der Waals surface area contributed by atoms with Crippen molar-refractivity contribution in [2.45, 2.75) is 13.0 Å². The van der Waals surface area contributed by atoms with Crippen molar-refractivity contribution < 1.29 is 4.79 Å². The lowest BCUT2D eigenvalue weighted by Gasteiger charge is -2.17. The Morgan fingerprint density at radius 3 is 2.52 bits per heavy atom. The summed E-state index contributed by atoms with van der Waals surface area (Å²) in [5.74, 6) is -0.154. The smallest absolute Gasteiger partial charge is 0.253 e. The van der Waals surface area contributed by atoms with E-state index in [1.165, 1.54) is 0 Å². The molecule has 0 aliphatic carbocycles. The molecule has 2 aromatic rings. The number of para-hydroxylation sites is 1. The highest BCUT2D eigenvalue weighted by atomic mass is 35.5. The summed E-state index contributed by atoms with van der Waals surface area (Å²) in [4.78, 5) is 12.4. The van der Waals surface area contributed by atoms with Gasteiger partial charge >= 0.3 is 0 Å². The van der Waals surface area contributed by atoms with Gasteiger partial charge in [-0.25, -0.2) is 0 Å². The van der Waals surface area contributed by atoms with Crippen molar-refractivity contribution in [3.05, 3.63) is 63.6 Å². The van der Waals surface area contributed by atoms with Crippen molar-refractivity contribution in [1.29, 1.82) is 0 Å². The van der Waals surface area contributed by atoms with Crippen molar-refractivity contribution in [3.63, 3.8) is 0 Å². The predicted molar refractivity (Wildman–Crippen MR) is 88.3 cm³/mol. The molecule has 2 N–H and O–H groups in total. The fraction of sp³-hybridized carbons (Fsp3) is 0.188. The first-order valence-electron chi connectivity index (χ1n) is 6.55. The molecule has 1 atom stereocenters. The van der Waals surface area contributed by atoms with Crippen LogP contribution < -0.4 is 10.6 Å². The van der Waals surface area contributed by atoms with Crippen LogP contribution in [0.1, 0.15) is 28.9 Å². The first-order valence-corrected chi connectivity index (χ1v) is 7.31. The molecule has 0 bridgehead atoms. The Labute approximate surface area is 134 Å². The van der Waals surface area contributed by atoms with E-state index in [9.17, 15) is 4.79 Å². The van der Waals surface area contributed by atoms with Crippen LogP contribution in [-0.4, -0.2) is 13.0 Å². The molecular weight excluding hydrogens is 307 g/mol. The number of benzene rings is 2. The van der Waals surface area contributed by atoms with Crippen molar-refractivity contribution >= 4 is 34.8 Å². The van der Waals surface area contributed by atoms with Crippen LogP contribution in [0.25, 0.3) is 0 Å². The minimum atomic E-state index is -0.216. The van der Waals surface area contributed by atoms with Gasteiger partial charge in [0.1, 0.15) is 0 Å². The van der Waals surface area contributed by atoms with E-state index in [2.05, 4.69) is 10.6 Å². The fourth-order valence-corrected chi connectivity index (χ4v) is 2.68. The molecule has 3 nitrogen and oxygen atoms in total. The number of rotatable bonds is 4. The molecule has 0 spiro atoms. The monoisotopic (exact) mass is 322 g/mol. The topological polar surface area (TPSA) is 41.1 Å². The van der Waals surface area contributed by atoms with Gasteiger partial charge < -0.3 is 10.6 Å². The summed E-state index contributed by atoms with van der Waals surface area (Å²) >= 11 is 12.0. The Kier molecular flexibility index (Phi) is 5.10. The van der Waals surface area contributed by atoms with E-state index >= 15 is 0 Å². The molecule has 0 fully saturated rings. The van der Waals surface area contributed by atoms with Gasteiger partial charge in [0.15, 0.2) is 0 Å². The third-order valence-electron chi connectivity index (χ3n) is 3.22. The van der Waals surface area contributed by atoms with Crippen molar-refractivity contribution in [3.8, 4) is 0 Å². The van der Waals surface area contributed by atoms with Gasteiger partial charge in [0.2, 0.25) is 0 Å². The third-order valence-corrected chi connectivity index (χ3v) is 3.78. The highest BCUT2D eigenvalue weighted by Gasteiger charge is 2.16. The predicted octanol–water partition coefficient (Wildman–Crippen LogP) is 4.53. The number of nitrogens with one attached hydrogen (secondary N) is 2. The third kappa shape index (κ3) is 3.69. The summed E-state index contributed by atoms with van der Waals surface area (Å²) in [5, 5.41) is 7.06. The second-order valence-electron chi connectivity index (χ2n) is 4.66. The maximum atomic E-state index is 12.4. The minimum Gasteiger partial charge on any atom is -0.387 e. The minimum absolute atomic E-state index is 0.154. The van der Waals surface area contributed by atoms with E-state index in [-0.39, 0.29) is 11.9 Å². The summed E-state index contributed by atoms with van der Waals surface area (Å²) in [6, 6.07) is 12.4. The van der Waals surface area contributed by atoms with E-state index in [1.807, 2.05) is 31.2 Å². The number of anilines is 1. The Morgan fingerprint density at radius 1 is 1.14 bits per heavy atom. The average Bonchev–Trinajstić information content (AvgIpc) is 2.46. The zero-order chi connectivity index (χ0) is 15.4. The van der Waals surface area contributed by atoms with Crippen molar-refractivity contribution in [1.82, 2.24) is 5.32 Å². The van der Waals surface area contributed by atoms with Gasteiger partial charge in [-0.05, 0) is 36.8 Å². The average molecular weight is 323 g/mol. The molecule has 5 heteroatoms. The van der Waals surface area contributed by atoms with Gasteiger partial charge in [0, 0.05) is 22.8 Å². The molecule has 0 aliphatic heterocycles. The molecule has 0 aromatic heterocycles. The molecule has 1 unspecified atom stereocenters. The molecule has 2 aromatic carbocycles. The van der Waals surface area contributed by atoms with Crippen LogP contribution in [0, 0.1) is 0 Å². The van der Waals surface area contributed by atoms with Gasteiger partial charge in [0.05, 0.1) is 11.6 Å². The first-order chi connectivity index (χ1) is 10.0. The molecule has 1 amide bonds. The van der Waals surface area contributed by atoms with Crippen LogP contribution in [0.3, 0.4) is 0 Å². The second-order valence-corrected chi connectivity index (χ2v) is 5.50. The lowest BCUT2D eigenvalue weighted by Crippen LogP contribution is -2.27. The lowest BCUT2D eigenvalue weighted by atomic mass is 10.1. The second kappa shape index (κ2) is 6.83. The van der Waals surface area contributed by atoms with E-state index in [4.69, 9.17) is 23.2 Å². The normalized spacial score (nSPS) is 11.8. The van der Waals surface area contributed by atoms with Crippen LogP contribution in [0.5, 0.6) is 0 Å². The highest BCUT2D eigenvalue weighted by Crippen LogP contribution is 2.26. The number of carbonyl (C=O) groups excluding carboxylic acids is 1. The Balaban J connectivity index is 2.19. The number of hydrogen-bond acceptors (Lipinski definition) is 2. The van der Waals surface area contributed by atoms with Crippen molar-refractivity contribution in [2.75, 3.05) is 12.4 Å². The highest BCUT2D eigenvalue weighted by molar-refractivity contribution is 6.35. The molecule has 2 rings (SSSR count). The Morgan fingerprint density at radius 2 is 1.86 bits per heavy atom. The number of amides is 1. The van der Waals surface area contributed by atoms with Gasteiger partial charge in [-0.15, -0.1) is 0 Å². The number of halogens is 2. The quantitative estimate of drug-likeness (QED) is 0.868. The van der Waals surface area contributed by atoms with E-state index in [1.54, 1.807) is 25.2 Å². The van der Waals surface area contributed by atoms with Crippen LogP contribution in [0.4, 0.5) is 5.69 Å². The molecule has 110 valence electrons. The molecule has 0 saturated carbocycles. The molecule has 21 heavy (non-hydrogen) atoms. The summed E-state index contributed by atoms with van der Waals surface area (Å²) in [6.45, 7) is 1.88. The van der Waals surface area contributed by atoms with Crippen LogP contribution >= 0.6 is 23.2 Å². The number of carbonyl (C=O) groups is 1. The van der Waals surface area contributed by atoms with Crippen LogP contribution in [0.2, 0.25) is 10.0 Å². The van der Waals surface area contributed by atoms with Crippen LogP contribution in [0.15, 0.2) is 42.5 Å². The Hall–Kier alpha value is -1.71. The zero-order valence-corrected chi connectivity index (χ0v) is 13.3. The summed E-state index contributed by atoms with van der Waals surface area (Å²) < 4.78 is 0. The maximum absolute atomic E-state index is 12.4. The zero-order valence-electron chi connectivity index (χ0n) is 11.8. The van der Waals surface area contributed by atoms with E-state index in [0.717, 1.165) is 11.3 Å². The molecule has 0 radical (unpaired) electrons. The SMILES string of the molecule is CNc1ccccc1C(=O)NC(C)c1ccc(Cl)cc1Cl. The maximum Gasteiger partial charge on any atom is 0.253 e. The van der Waals surface area contributed by atoms with Crippen molar-refractivity contribution in [2.24, 2.45) is 0 Å². The summed E-state index contributed by atoms with van der Waals surface area (Å²) in [7, 11) is 1.78. The first kappa shape index (κ1) is 15.7. The molecular formula is C16H16Cl2N2O. The molecule has 0 heterocycles. The standard InChI is InChI=1S/C16H16Cl2N2O/c1-10(12-8-7-11(17)9-14(12)18)20-16(21)13-5-3-4-6-15(13)19-2/h3-10,19H,1-2H3,(H,20,21). The number of hydrogen-bond donors (Lipinski definition) is 2. The van der Waals surface area contributed by atoms with E-state index < -0.39 is 0 Å².